The summed E-state index contributed by atoms with van der Waals surface area (Å²) in [7, 11) is 0. The highest BCUT2D eigenvalue weighted by molar-refractivity contribution is 5.90. The van der Waals surface area contributed by atoms with Crippen LogP contribution in [0.4, 0.5) is 4.39 Å². The number of nitrogens with zero attached hydrogens (tertiary/aromatic N) is 2. The molecule has 0 amide bonds. The van der Waals surface area contributed by atoms with Crippen LogP contribution in [0.2, 0.25) is 0 Å². The van der Waals surface area contributed by atoms with Gasteiger partial charge < -0.3 is 14.4 Å². The van der Waals surface area contributed by atoms with E-state index in [1.807, 2.05) is 0 Å². The summed E-state index contributed by atoms with van der Waals surface area (Å²) >= 11 is 0. The van der Waals surface area contributed by atoms with E-state index in [1.54, 1.807) is 0 Å². The van der Waals surface area contributed by atoms with E-state index in [0.29, 0.717) is 11.7 Å². The number of halogens is 1. The number of carboxylic acids is 1. The SMILES string of the molecule is O=C(O)c1ccc(F)cc1OCc1nc(C2CC2)no1. The van der Waals surface area contributed by atoms with Gasteiger partial charge in [-0.1, -0.05) is 5.16 Å². The molecule has 20 heavy (non-hydrogen) atoms. The average molecular weight is 278 g/mol. The molecule has 3 rings (SSSR count). The largest absolute Gasteiger partial charge is 0.483 e. The Kier molecular flexibility index (Phi) is 3.09. The molecule has 6 nitrogen and oxygen atoms in total. The fourth-order valence-corrected chi connectivity index (χ4v) is 1.77. The lowest BCUT2D eigenvalue weighted by Gasteiger charge is -2.06. The molecule has 1 aromatic carbocycles. The van der Waals surface area contributed by atoms with Crippen LogP contribution in [0, 0.1) is 5.82 Å². The molecule has 1 heterocycles. The van der Waals surface area contributed by atoms with Crippen molar-refractivity contribution in [1.29, 1.82) is 0 Å². The summed E-state index contributed by atoms with van der Waals surface area (Å²) in [4.78, 5) is 15.1. The van der Waals surface area contributed by atoms with Crippen LogP contribution in [0.25, 0.3) is 0 Å². The zero-order chi connectivity index (χ0) is 14.1. The number of aromatic nitrogens is 2. The van der Waals surface area contributed by atoms with Crippen LogP contribution in [-0.4, -0.2) is 21.2 Å². The van der Waals surface area contributed by atoms with E-state index in [1.165, 1.54) is 0 Å². The first-order valence-corrected chi connectivity index (χ1v) is 6.11. The number of carboxylic acid groups (broad SMARTS) is 1. The Morgan fingerprint density at radius 3 is 3.00 bits per heavy atom. The van der Waals surface area contributed by atoms with E-state index >= 15 is 0 Å². The van der Waals surface area contributed by atoms with Crippen LogP contribution in [0.3, 0.4) is 0 Å². The highest BCUT2D eigenvalue weighted by atomic mass is 19.1. The third-order valence-electron chi connectivity index (χ3n) is 2.95. The highest BCUT2D eigenvalue weighted by Crippen LogP contribution is 2.38. The topological polar surface area (TPSA) is 85.5 Å². The van der Waals surface area contributed by atoms with Gasteiger partial charge in [-0.25, -0.2) is 9.18 Å². The zero-order valence-electron chi connectivity index (χ0n) is 10.4. The lowest BCUT2D eigenvalue weighted by Crippen LogP contribution is -2.04. The van der Waals surface area contributed by atoms with Crippen molar-refractivity contribution in [2.45, 2.75) is 25.4 Å². The van der Waals surface area contributed by atoms with Crippen LogP contribution < -0.4 is 4.74 Å². The molecule has 104 valence electrons. The maximum absolute atomic E-state index is 13.1. The van der Waals surface area contributed by atoms with Gasteiger partial charge in [0.1, 0.15) is 17.1 Å². The van der Waals surface area contributed by atoms with Crippen LogP contribution in [0.5, 0.6) is 5.75 Å². The van der Waals surface area contributed by atoms with Crippen molar-refractivity contribution in [3.8, 4) is 5.75 Å². The minimum atomic E-state index is -1.19. The Hall–Kier alpha value is -2.44. The number of aromatic carboxylic acids is 1. The first-order valence-electron chi connectivity index (χ1n) is 6.11. The molecule has 0 bridgehead atoms. The van der Waals surface area contributed by atoms with Gasteiger partial charge in [-0.3, -0.25) is 0 Å². The first kappa shape index (κ1) is 12.6. The van der Waals surface area contributed by atoms with Crippen molar-refractivity contribution in [3.63, 3.8) is 0 Å². The molecule has 0 spiro atoms. The van der Waals surface area contributed by atoms with Crippen LogP contribution in [0.1, 0.15) is 40.8 Å². The Balaban J connectivity index is 1.73. The fourth-order valence-electron chi connectivity index (χ4n) is 1.77. The molecule has 7 heteroatoms. The molecule has 0 saturated heterocycles. The second-order valence-corrected chi connectivity index (χ2v) is 4.55. The van der Waals surface area contributed by atoms with Gasteiger partial charge in [0.05, 0.1) is 0 Å². The summed E-state index contributed by atoms with van der Waals surface area (Å²) in [6.07, 6.45) is 2.10. The van der Waals surface area contributed by atoms with E-state index in [9.17, 15) is 9.18 Å². The second-order valence-electron chi connectivity index (χ2n) is 4.55. The Morgan fingerprint density at radius 1 is 1.50 bits per heavy atom. The van der Waals surface area contributed by atoms with E-state index in [0.717, 1.165) is 31.0 Å². The molecule has 1 fully saturated rings. The molecule has 1 aliphatic rings. The summed E-state index contributed by atoms with van der Waals surface area (Å²) in [5.41, 5.74) is -0.117. The predicted molar refractivity (Wildman–Crippen MR) is 64.0 cm³/mol. The predicted octanol–water partition coefficient (Wildman–Crippen LogP) is 2.36. The monoisotopic (exact) mass is 278 g/mol. The summed E-state index contributed by atoms with van der Waals surface area (Å²) in [6, 6.07) is 3.23. The minimum absolute atomic E-state index is 0.0660. The number of hydrogen-bond donors (Lipinski definition) is 1. The molecule has 1 aliphatic carbocycles. The molecule has 0 atom stereocenters. The fraction of sp³-hybridized carbons (Fsp3) is 0.308. The van der Waals surface area contributed by atoms with Crippen molar-refractivity contribution in [3.05, 3.63) is 41.3 Å². The van der Waals surface area contributed by atoms with Crippen molar-refractivity contribution >= 4 is 5.97 Å². The molecule has 1 aromatic heterocycles. The smallest absolute Gasteiger partial charge is 0.339 e. The Bertz CT molecular complexity index is 652. The van der Waals surface area contributed by atoms with Crippen LogP contribution >= 0.6 is 0 Å². The molecular formula is C13H11FN2O4. The normalized spacial score (nSPS) is 14.2. The van der Waals surface area contributed by atoms with Gasteiger partial charge in [-0.2, -0.15) is 4.98 Å². The van der Waals surface area contributed by atoms with Crippen molar-refractivity contribution < 1.29 is 23.6 Å². The van der Waals surface area contributed by atoms with Gasteiger partial charge in [-0.15, -0.1) is 0 Å². The van der Waals surface area contributed by atoms with Gasteiger partial charge >= 0.3 is 5.97 Å². The average Bonchev–Trinajstić information content (AvgIpc) is 3.15. The van der Waals surface area contributed by atoms with Crippen molar-refractivity contribution in [2.75, 3.05) is 0 Å². The first-order chi connectivity index (χ1) is 9.63. The van der Waals surface area contributed by atoms with Gasteiger partial charge in [0.25, 0.3) is 5.89 Å². The van der Waals surface area contributed by atoms with E-state index in [4.69, 9.17) is 14.4 Å². The molecule has 0 aliphatic heterocycles. The number of carbonyl (C=O) groups is 1. The molecule has 1 N–H and O–H groups in total. The van der Waals surface area contributed by atoms with Gasteiger partial charge in [0.15, 0.2) is 12.4 Å². The zero-order valence-corrected chi connectivity index (χ0v) is 10.4. The molecule has 2 aromatic rings. The second kappa shape index (κ2) is 4.92. The van der Waals surface area contributed by atoms with Crippen molar-refractivity contribution in [1.82, 2.24) is 10.1 Å². The quantitative estimate of drug-likeness (QED) is 0.903. The van der Waals surface area contributed by atoms with Crippen LogP contribution in [0.15, 0.2) is 22.7 Å². The number of benzene rings is 1. The molecular weight excluding hydrogens is 267 g/mol. The molecule has 0 unspecified atom stereocenters. The molecule has 1 saturated carbocycles. The summed E-state index contributed by atoms with van der Waals surface area (Å²) < 4.78 is 23.4. The summed E-state index contributed by atoms with van der Waals surface area (Å²) in [5, 5.41) is 12.8. The van der Waals surface area contributed by atoms with Crippen molar-refractivity contribution in [2.24, 2.45) is 0 Å². The Morgan fingerprint density at radius 2 is 2.30 bits per heavy atom. The number of hydrogen-bond acceptors (Lipinski definition) is 5. The highest BCUT2D eigenvalue weighted by Gasteiger charge is 2.28. The van der Waals surface area contributed by atoms with Gasteiger partial charge in [-0.05, 0) is 25.0 Å². The Labute approximate surface area is 113 Å². The number of rotatable bonds is 5. The lowest BCUT2D eigenvalue weighted by molar-refractivity contribution is 0.0691. The summed E-state index contributed by atoms with van der Waals surface area (Å²) in [6.45, 7) is -0.0938. The maximum Gasteiger partial charge on any atom is 0.339 e. The maximum atomic E-state index is 13.1. The summed E-state index contributed by atoms with van der Waals surface area (Å²) in [5.74, 6) is -0.591. The van der Waals surface area contributed by atoms with E-state index in [-0.39, 0.29) is 23.8 Å². The third kappa shape index (κ3) is 2.61. The third-order valence-corrected chi connectivity index (χ3v) is 2.95. The van der Waals surface area contributed by atoms with E-state index in [2.05, 4.69) is 10.1 Å². The minimum Gasteiger partial charge on any atom is -0.483 e. The standard InChI is InChI=1S/C13H11FN2O4/c14-8-3-4-9(13(17)18)10(5-8)19-6-11-15-12(16-20-11)7-1-2-7/h3-5,7H,1-2,6H2,(H,17,18). The van der Waals surface area contributed by atoms with Gasteiger partial charge in [0.2, 0.25) is 0 Å². The number of ether oxygens (including phenoxy) is 1. The van der Waals surface area contributed by atoms with Crippen LogP contribution in [-0.2, 0) is 6.61 Å². The van der Waals surface area contributed by atoms with Gasteiger partial charge in [0, 0.05) is 12.0 Å². The lowest BCUT2D eigenvalue weighted by atomic mass is 10.2. The van der Waals surface area contributed by atoms with E-state index < -0.39 is 11.8 Å². The molecule has 0 radical (unpaired) electrons.